The van der Waals surface area contributed by atoms with Crippen molar-refractivity contribution in [3.63, 3.8) is 0 Å². The number of amides is 4. The van der Waals surface area contributed by atoms with Crippen LogP contribution in [0, 0.1) is 11.3 Å². The van der Waals surface area contributed by atoms with Crippen LogP contribution in [0.3, 0.4) is 0 Å². The van der Waals surface area contributed by atoms with Crippen LogP contribution in [-0.4, -0.2) is 54.7 Å². The molecule has 6 rings (SSSR count). The standard InChI is InChI=1S/C45H45N9O5S2/c46-21-20-30-8-12-35(13-9-30)53-44(56)58-24-4-22-47-42(60)51-37-16-18-39-32(27-37)26-33-28-38(17-19-40(33)39)52-43(61)48-23-5-25-59-45(57)54-36-14-10-31(11-15-36)29-49-41(55)50-34-6-2-1-3-7-34/h1-3,6-19,27-28H,4-5,20,22-26,29H2,(H,53,56)(H,54,57)(H2,47,51,60)(H2,48,52,61)(H2,49,50,55). The highest BCUT2D eigenvalue weighted by Gasteiger charge is 2.19. The molecule has 4 amide bonds. The van der Waals surface area contributed by atoms with Crippen LogP contribution in [0.2, 0.25) is 0 Å². The van der Waals surface area contributed by atoms with E-state index in [9.17, 15) is 14.4 Å². The van der Waals surface area contributed by atoms with Gasteiger partial charge in [-0.15, -0.1) is 0 Å². The van der Waals surface area contributed by atoms with Gasteiger partial charge in [-0.2, -0.15) is 5.26 Å². The number of anilines is 5. The molecule has 0 spiro atoms. The van der Waals surface area contributed by atoms with Gasteiger partial charge in [0, 0.05) is 48.1 Å². The molecule has 14 nitrogen and oxygen atoms in total. The molecule has 0 saturated carbocycles. The Labute approximate surface area is 364 Å². The SMILES string of the molecule is N#CCc1ccc(NC(=O)OCCCNC(=S)Nc2ccc3c(c2)Cc2cc(NC(=S)NCCCOC(=O)Nc4ccc(CNC(=O)Nc5ccccc5)cc4)ccc2-3)cc1. The summed E-state index contributed by atoms with van der Waals surface area (Å²) in [4.78, 5) is 36.5. The Balaban J connectivity index is 0.823. The number of nitriles is 1. The van der Waals surface area contributed by atoms with Crippen LogP contribution in [0.25, 0.3) is 11.1 Å². The lowest BCUT2D eigenvalue weighted by molar-refractivity contribution is 0.159. The van der Waals surface area contributed by atoms with Crippen LogP contribution in [-0.2, 0) is 28.9 Å². The smallest absolute Gasteiger partial charge is 0.411 e. The Kier molecular flexibility index (Phi) is 15.8. The number of carbonyl (C=O) groups excluding carboxylic acids is 3. The van der Waals surface area contributed by atoms with Crippen molar-refractivity contribution in [1.82, 2.24) is 16.0 Å². The lowest BCUT2D eigenvalue weighted by Crippen LogP contribution is -2.30. The predicted molar refractivity (Wildman–Crippen MR) is 247 cm³/mol. The number of carbonyl (C=O) groups is 3. The molecule has 0 aliphatic heterocycles. The third-order valence-electron chi connectivity index (χ3n) is 9.25. The second-order valence-corrected chi connectivity index (χ2v) is 14.6. The van der Waals surface area contributed by atoms with Crippen LogP contribution >= 0.6 is 24.4 Å². The molecule has 61 heavy (non-hydrogen) atoms. The van der Waals surface area contributed by atoms with E-state index in [0.29, 0.717) is 66.2 Å². The largest absolute Gasteiger partial charge is 0.449 e. The van der Waals surface area contributed by atoms with Gasteiger partial charge in [-0.25, -0.2) is 14.4 Å². The summed E-state index contributed by atoms with van der Waals surface area (Å²) in [5.74, 6) is 0. The fraction of sp³-hybridized carbons (Fsp3) is 0.200. The van der Waals surface area contributed by atoms with Crippen LogP contribution in [0.15, 0.2) is 115 Å². The highest BCUT2D eigenvalue weighted by molar-refractivity contribution is 7.80. The maximum atomic E-state index is 12.3. The summed E-state index contributed by atoms with van der Waals surface area (Å²) in [7, 11) is 0. The molecule has 312 valence electrons. The van der Waals surface area contributed by atoms with E-state index in [1.807, 2.05) is 54.6 Å². The molecule has 0 saturated heterocycles. The number of ether oxygens (including phenoxy) is 2. The summed E-state index contributed by atoms with van der Waals surface area (Å²) >= 11 is 11.0. The van der Waals surface area contributed by atoms with Gasteiger partial charge < -0.3 is 41.4 Å². The average molecular weight is 856 g/mol. The summed E-state index contributed by atoms with van der Waals surface area (Å²) in [5, 5.41) is 33.5. The zero-order valence-electron chi connectivity index (χ0n) is 33.1. The van der Waals surface area contributed by atoms with E-state index in [0.717, 1.165) is 28.9 Å². The zero-order valence-corrected chi connectivity index (χ0v) is 34.8. The van der Waals surface area contributed by atoms with Gasteiger partial charge in [-0.1, -0.05) is 54.6 Å². The lowest BCUT2D eigenvalue weighted by atomic mass is 10.1. The highest BCUT2D eigenvalue weighted by atomic mass is 32.1. The van der Waals surface area contributed by atoms with Crippen molar-refractivity contribution in [3.8, 4) is 17.2 Å². The molecule has 5 aromatic carbocycles. The molecule has 16 heteroatoms. The number of thiocarbonyl (C=S) groups is 2. The third kappa shape index (κ3) is 13.9. The molecular weight excluding hydrogens is 811 g/mol. The first-order valence-electron chi connectivity index (χ1n) is 19.6. The van der Waals surface area contributed by atoms with E-state index in [4.69, 9.17) is 39.2 Å². The maximum Gasteiger partial charge on any atom is 0.411 e. The summed E-state index contributed by atoms with van der Waals surface area (Å²) in [6.45, 7) is 1.78. The van der Waals surface area contributed by atoms with Crippen molar-refractivity contribution in [2.45, 2.75) is 32.2 Å². The van der Waals surface area contributed by atoms with E-state index in [1.165, 1.54) is 22.3 Å². The molecule has 5 aromatic rings. The lowest BCUT2D eigenvalue weighted by Gasteiger charge is -2.12. The number of nitrogens with zero attached hydrogens (tertiary/aromatic N) is 1. The minimum absolute atomic E-state index is 0.202. The van der Waals surface area contributed by atoms with Gasteiger partial charge in [-0.05, 0) is 138 Å². The minimum atomic E-state index is -0.561. The first kappa shape index (κ1) is 43.4. The zero-order chi connectivity index (χ0) is 42.8. The van der Waals surface area contributed by atoms with Crippen molar-refractivity contribution in [2.24, 2.45) is 0 Å². The van der Waals surface area contributed by atoms with Crippen molar-refractivity contribution in [1.29, 1.82) is 5.26 Å². The van der Waals surface area contributed by atoms with Crippen molar-refractivity contribution < 1.29 is 23.9 Å². The molecule has 1 aliphatic carbocycles. The highest BCUT2D eigenvalue weighted by Crippen LogP contribution is 2.39. The number of benzene rings is 5. The fourth-order valence-corrected chi connectivity index (χ4v) is 6.72. The quantitative estimate of drug-likeness (QED) is 0.0343. The van der Waals surface area contributed by atoms with Gasteiger partial charge in [-0.3, -0.25) is 10.6 Å². The molecule has 1 aliphatic rings. The Morgan fingerprint density at radius 2 is 1.03 bits per heavy atom. The number of nitrogens with one attached hydrogen (secondary N) is 8. The molecule has 0 fully saturated rings. The number of urea groups is 1. The number of hydrogen-bond acceptors (Lipinski definition) is 8. The van der Waals surface area contributed by atoms with Crippen LogP contribution in [0.5, 0.6) is 0 Å². The van der Waals surface area contributed by atoms with Crippen LogP contribution in [0.4, 0.5) is 42.8 Å². The van der Waals surface area contributed by atoms with E-state index < -0.39 is 12.2 Å². The van der Waals surface area contributed by atoms with Crippen LogP contribution in [0.1, 0.15) is 35.1 Å². The van der Waals surface area contributed by atoms with Crippen molar-refractivity contribution in [3.05, 3.63) is 138 Å². The van der Waals surface area contributed by atoms with E-state index >= 15 is 0 Å². The molecule has 8 N–H and O–H groups in total. The molecule has 0 heterocycles. The Bertz CT molecular complexity index is 2370. The third-order valence-corrected chi connectivity index (χ3v) is 9.74. The van der Waals surface area contributed by atoms with Gasteiger partial charge in [0.05, 0.1) is 25.7 Å². The van der Waals surface area contributed by atoms with Gasteiger partial charge >= 0.3 is 18.2 Å². The summed E-state index contributed by atoms with van der Waals surface area (Å²) in [6.07, 6.45) is 1.09. The van der Waals surface area contributed by atoms with E-state index in [-0.39, 0.29) is 19.2 Å². The van der Waals surface area contributed by atoms with Crippen LogP contribution < -0.4 is 42.5 Å². The number of fused-ring (bicyclic) bond motifs is 3. The number of hydrogen-bond donors (Lipinski definition) is 8. The van der Waals surface area contributed by atoms with E-state index in [2.05, 4.69) is 72.9 Å². The summed E-state index contributed by atoms with van der Waals surface area (Å²) < 4.78 is 10.6. The first-order valence-corrected chi connectivity index (χ1v) is 20.4. The number of para-hydroxylation sites is 1. The Morgan fingerprint density at radius 3 is 1.54 bits per heavy atom. The Hall–Kier alpha value is -7.22. The van der Waals surface area contributed by atoms with Gasteiger partial charge in [0.25, 0.3) is 0 Å². The monoisotopic (exact) mass is 855 g/mol. The van der Waals surface area contributed by atoms with Crippen molar-refractivity contribution in [2.75, 3.05) is 52.9 Å². The molecule has 0 unspecified atom stereocenters. The minimum Gasteiger partial charge on any atom is -0.449 e. The normalized spacial score (nSPS) is 10.7. The number of rotatable bonds is 16. The summed E-state index contributed by atoms with van der Waals surface area (Å²) in [6, 6.07) is 37.5. The van der Waals surface area contributed by atoms with Gasteiger partial charge in [0.1, 0.15) is 0 Å². The topological polar surface area (TPSA) is 190 Å². The molecular formula is C45H45N9O5S2. The van der Waals surface area contributed by atoms with E-state index in [1.54, 1.807) is 36.4 Å². The Morgan fingerprint density at radius 1 is 0.557 bits per heavy atom. The predicted octanol–water partition coefficient (Wildman–Crippen LogP) is 8.50. The van der Waals surface area contributed by atoms with Crippen molar-refractivity contribution >= 4 is 81.3 Å². The first-order chi connectivity index (χ1) is 29.7. The molecule has 0 atom stereocenters. The molecule has 0 radical (unpaired) electrons. The summed E-state index contributed by atoms with van der Waals surface area (Å²) in [5.41, 5.74) is 10.1. The maximum absolute atomic E-state index is 12.3. The fourth-order valence-electron chi connectivity index (χ4n) is 6.28. The molecule has 0 aromatic heterocycles. The second kappa shape index (κ2) is 22.2. The van der Waals surface area contributed by atoms with Gasteiger partial charge in [0.15, 0.2) is 10.2 Å². The molecule has 0 bridgehead atoms. The van der Waals surface area contributed by atoms with Gasteiger partial charge in [0.2, 0.25) is 0 Å². The second-order valence-electron chi connectivity index (χ2n) is 13.8. The average Bonchev–Trinajstić information content (AvgIpc) is 3.61.